The molecule has 0 radical (unpaired) electrons. The number of nitro benzene ring substituents is 1. The number of amides is 1. The molecule has 1 aliphatic carbocycles. The van der Waals surface area contributed by atoms with Crippen molar-refractivity contribution in [2.45, 2.75) is 107 Å². The van der Waals surface area contributed by atoms with Crippen molar-refractivity contribution >= 4 is 55.4 Å². The number of aromatic nitrogens is 2. The van der Waals surface area contributed by atoms with Gasteiger partial charge in [-0.3, -0.25) is 19.8 Å². The fraction of sp³-hybridized carbons (Fsp3) is 0.490. The Morgan fingerprint density at radius 2 is 1.78 bits per heavy atom. The number of hydrogen-bond donors (Lipinski definition) is 3. The van der Waals surface area contributed by atoms with Crippen LogP contribution >= 0.6 is 0 Å². The van der Waals surface area contributed by atoms with Crippen LogP contribution in [0.2, 0.25) is 0 Å². The quantitative estimate of drug-likeness (QED) is 0.0892. The van der Waals surface area contributed by atoms with Crippen molar-refractivity contribution in [2.75, 3.05) is 61.1 Å². The second-order valence-electron chi connectivity index (χ2n) is 20.2. The van der Waals surface area contributed by atoms with E-state index < -0.39 is 31.4 Å². The number of nitro groups is 1. The summed E-state index contributed by atoms with van der Waals surface area (Å²) in [6.07, 6.45) is 10.0. The van der Waals surface area contributed by atoms with E-state index in [0.29, 0.717) is 66.1 Å². The summed E-state index contributed by atoms with van der Waals surface area (Å²) in [4.78, 5) is 41.0. The normalized spacial score (nSPS) is 23.1. The first-order valence-corrected chi connectivity index (χ1v) is 25.8. The number of nitrogens with one attached hydrogen (secondary N) is 3. The summed E-state index contributed by atoms with van der Waals surface area (Å²) in [6, 6.07) is 21.5. The van der Waals surface area contributed by atoms with Gasteiger partial charge < -0.3 is 34.3 Å². The molecule has 5 aliphatic heterocycles. The summed E-state index contributed by atoms with van der Waals surface area (Å²) in [5.41, 5.74) is 5.79. The second kappa shape index (κ2) is 17.6. The first-order chi connectivity index (χ1) is 32.8. The number of rotatable bonds is 10. The van der Waals surface area contributed by atoms with E-state index in [1.165, 1.54) is 42.9 Å². The lowest BCUT2D eigenvalue weighted by atomic mass is 9.59. The minimum Gasteiger partial charge on any atom is -0.489 e. The van der Waals surface area contributed by atoms with Crippen LogP contribution in [0, 0.1) is 21.4 Å². The van der Waals surface area contributed by atoms with Crippen LogP contribution in [0.3, 0.4) is 0 Å². The average molecular weight is 945 g/mol. The van der Waals surface area contributed by atoms with E-state index in [1.807, 2.05) is 36.1 Å². The van der Waals surface area contributed by atoms with Crippen LogP contribution in [0.5, 0.6) is 11.6 Å². The van der Waals surface area contributed by atoms with Crippen LogP contribution in [-0.4, -0.2) is 98.3 Å². The van der Waals surface area contributed by atoms with Crippen LogP contribution in [0.1, 0.15) is 106 Å². The molecule has 358 valence electrons. The van der Waals surface area contributed by atoms with Crippen LogP contribution in [0.15, 0.2) is 77.8 Å². The number of ether oxygens (including phenoxy) is 3. The van der Waals surface area contributed by atoms with Gasteiger partial charge in [-0.05, 0) is 124 Å². The van der Waals surface area contributed by atoms with Crippen molar-refractivity contribution in [3.8, 4) is 11.6 Å². The highest BCUT2D eigenvalue weighted by atomic mass is 32.2. The molecule has 7 heterocycles. The molecule has 1 saturated carbocycles. The largest absolute Gasteiger partial charge is 0.489 e. The summed E-state index contributed by atoms with van der Waals surface area (Å²) in [5, 5.41) is 16.6. The maximum Gasteiger partial charge on any atom is 0.297 e. The van der Waals surface area contributed by atoms with E-state index in [2.05, 4.69) is 62.9 Å². The molecule has 2 aromatic heterocycles. The number of carbonyl (C=O) groups is 1. The van der Waals surface area contributed by atoms with Gasteiger partial charge in [0, 0.05) is 67.8 Å². The third-order valence-electron chi connectivity index (χ3n) is 15.7. The lowest BCUT2D eigenvalue weighted by Gasteiger charge is -2.56. The van der Waals surface area contributed by atoms with Gasteiger partial charge in [0.2, 0.25) is 5.88 Å². The predicted octanol–water partition coefficient (Wildman–Crippen LogP) is 8.82. The third-order valence-corrected chi connectivity index (χ3v) is 17.0. The standard InChI is InChI=1S/C51H60N8O8S/c1-31(2)38-7-4-5-8-39(38)42-9-6-18-57(42)36-27-51(28-36)15-19-56(20-16-51)35-10-11-40(43(24-35)58-29-32(3)67-50-45(58)23-34-12-17-52-48(34)54-50)49(60)55-68(63,64)37-25-44(59(61)62)47-46(26-37)66-30-41(53-47)33-13-21-65-22-14-33/h4-5,7-8,10-12,17,23-26,31-33,36,41-42,53H,6,9,13-16,18-22,27-30H2,1-3H3,(H,52,54)(H,55,60)/t32-,41-,42+/m1/s1. The summed E-state index contributed by atoms with van der Waals surface area (Å²) in [6.45, 7) is 11.1. The van der Waals surface area contributed by atoms with Gasteiger partial charge in [-0.1, -0.05) is 38.1 Å². The SMILES string of the molecule is CC(C)c1ccccc1[C@@H]1CCCN1C1CC2(CCN(c3ccc(C(=O)NS(=O)(=O)c4cc5c(c([N+](=O)[O-])c4)N[C@@H](C4CCOCC4)CO5)c(N4C[C@@H](C)Oc5nc6[nH]ccc6cc54)c3)CC2)C1. The summed E-state index contributed by atoms with van der Waals surface area (Å²) in [7, 11) is -4.65. The van der Waals surface area contributed by atoms with Gasteiger partial charge in [0.1, 0.15) is 24.0 Å². The Morgan fingerprint density at radius 1 is 0.985 bits per heavy atom. The maximum absolute atomic E-state index is 14.5. The Morgan fingerprint density at radius 3 is 2.56 bits per heavy atom. The molecule has 6 aliphatic rings. The van der Waals surface area contributed by atoms with Gasteiger partial charge in [-0.2, -0.15) is 4.98 Å². The molecule has 3 atom stereocenters. The van der Waals surface area contributed by atoms with Crippen molar-refractivity contribution in [1.82, 2.24) is 19.6 Å². The Labute approximate surface area is 396 Å². The van der Waals surface area contributed by atoms with Gasteiger partial charge in [-0.25, -0.2) is 13.1 Å². The molecule has 0 bridgehead atoms. The molecule has 16 nitrogen and oxygen atoms in total. The smallest absolute Gasteiger partial charge is 0.297 e. The number of benzene rings is 3. The van der Waals surface area contributed by atoms with Crippen LogP contribution < -0.4 is 29.3 Å². The molecule has 3 saturated heterocycles. The number of likely N-dealkylation sites (tertiary alicyclic amines) is 1. The molecular weight excluding hydrogens is 885 g/mol. The zero-order valence-corrected chi connectivity index (χ0v) is 39.7. The molecule has 0 unspecified atom stereocenters. The number of pyridine rings is 1. The van der Waals surface area contributed by atoms with Gasteiger partial charge in [0.05, 0.1) is 33.7 Å². The number of piperidine rings is 1. The fourth-order valence-electron chi connectivity index (χ4n) is 12.0. The number of carbonyl (C=O) groups excluding carboxylic acids is 1. The molecular formula is C51H60N8O8S. The third kappa shape index (κ3) is 8.19. The zero-order chi connectivity index (χ0) is 46.9. The minimum absolute atomic E-state index is 0.0382. The van der Waals surface area contributed by atoms with Crippen LogP contribution in [-0.2, 0) is 14.8 Å². The molecule has 11 rings (SSSR count). The second-order valence-corrected chi connectivity index (χ2v) is 21.9. The number of nitrogens with zero attached hydrogens (tertiary/aromatic N) is 5. The van der Waals surface area contributed by atoms with E-state index in [4.69, 9.17) is 19.2 Å². The molecule has 3 N–H and O–H groups in total. The average Bonchev–Trinajstić information content (AvgIpc) is 4.02. The summed E-state index contributed by atoms with van der Waals surface area (Å²) in [5.74, 6) is 0.225. The number of hydrogen-bond acceptors (Lipinski definition) is 13. The molecule has 3 aromatic carbocycles. The van der Waals surface area contributed by atoms with E-state index >= 15 is 0 Å². The van der Waals surface area contributed by atoms with Gasteiger partial charge in [-0.15, -0.1) is 0 Å². The van der Waals surface area contributed by atoms with Gasteiger partial charge in [0.15, 0.2) is 11.4 Å². The molecule has 5 aromatic rings. The maximum atomic E-state index is 14.5. The van der Waals surface area contributed by atoms with Crippen molar-refractivity contribution in [3.05, 3.63) is 99.7 Å². The van der Waals surface area contributed by atoms with E-state index in [0.717, 1.165) is 62.5 Å². The van der Waals surface area contributed by atoms with Gasteiger partial charge in [0.25, 0.3) is 21.6 Å². The topological polar surface area (TPSA) is 184 Å². The van der Waals surface area contributed by atoms with Crippen LogP contribution in [0.4, 0.5) is 28.4 Å². The molecule has 1 spiro atoms. The number of anilines is 4. The van der Waals surface area contributed by atoms with E-state index in [1.54, 1.807) is 12.3 Å². The fourth-order valence-corrected chi connectivity index (χ4v) is 13.0. The van der Waals surface area contributed by atoms with Crippen molar-refractivity contribution in [2.24, 2.45) is 11.3 Å². The van der Waals surface area contributed by atoms with Crippen LogP contribution in [0.25, 0.3) is 11.0 Å². The summed E-state index contributed by atoms with van der Waals surface area (Å²) >= 11 is 0. The highest BCUT2D eigenvalue weighted by Crippen LogP contribution is 2.55. The molecule has 17 heteroatoms. The monoisotopic (exact) mass is 944 g/mol. The predicted molar refractivity (Wildman–Crippen MR) is 260 cm³/mol. The number of sulfonamides is 1. The number of aromatic amines is 1. The number of H-pyrrole nitrogens is 1. The highest BCUT2D eigenvalue weighted by Gasteiger charge is 2.50. The van der Waals surface area contributed by atoms with Gasteiger partial charge >= 0.3 is 0 Å². The van der Waals surface area contributed by atoms with E-state index in [-0.39, 0.29) is 41.7 Å². The van der Waals surface area contributed by atoms with Crippen molar-refractivity contribution < 1.29 is 32.3 Å². The zero-order valence-electron chi connectivity index (χ0n) is 38.9. The Balaban J connectivity index is 0.857. The van der Waals surface area contributed by atoms with Crippen molar-refractivity contribution in [3.63, 3.8) is 0 Å². The minimum atomic E-state index is -4.65. The Hall–Kier alpha value is -5.91. The van der Waals surface area contributed by atoms with E-state index in [9.17, 15) is 23.3 Å². The first-order valence-electron chi connectivity index (χ1n) is 24.4. The lowest BCUT2D eigenvalue weighted by molar-refractivity contribution is -0.384. The first kappa shape index (κ1) is 44.6. The molecule has 1 amide bonds. The highest BCUT2D eigenvalue weighted by molar-refractivity contribution is 7.90. The van der Waals surface area contributed by atoms with Crippen molar-refractivity contribution in [1.29, 1.82) is 0 Å². The summed E-state index contributed by atoms with van der Waals surface area (Å²) < 4.78 is 48.4. The Kier molecular flexibility index (Phi) is 11.5. The lowest BCUT2D eigenvalue weighted by Crippen LogP contribution is -2.55. The molecule has 68 heavy (non-hydrogen) atoms. The Bertz CT molecular complexity index is 2870. The number of fused-ring (bicyclic) bond motifs is 3. The molecule has 4 fully saturated rings.